The van der Waals surface area contributed by atoms with Gasteiger partial charge in [-0.15, -0.1) is 12.4 Å². The van der Waals surface area contributed by atoms with Crippen LogP contribution in [0.15, 0.2) is 48.5 Å². The lowest BCUT2D eigenvalue weighted by atomic mass is 10.1. The van der Waals surface area contributed by atoms with Crippen molar-refractivity contribution >= 4 is 30.1 Å². The van der Waals surface area contributed by atoms with Gasteiger partial charge in [0.25, 0.3) is 5.91 Å². The second-order valence-electron chi connectivity index (χ2n) is 7.30. The minimum Gasteiger partial charge on any atom is -0.482 e. The number of carbonyl (C=O) groups is 2. The first kappa shape index (κ1) is 27.9. The minimum atomic E-state index is -0.460. The zero-order chi connectivity index (χ0) is 23.5. The van der Waals surface area contributed by atoms with Crippen LogP contribution in [0, 0.1) is 5.41 Å². The Balaban J connectivity index is 0.00000544. The van der Waals surface area contributed by atoms with Gasteiger partial charge in [0.15, 0.2) is 6.61 Å². The van der Waals surface area contributed by atoms with E-state index in [-0.39, 0.29) is 43.4 Å². The fourth-order valence-electron chi connectivity index (χ4n) is 2.72. The van der Waals surface area contributed by atoms with E-state index < -0.39 is 5.97 Å². The molecule has 0 fully saturated rings. The number of benzene rings is 2. The van der Waals surface area contributed by atoms with Crippen molar-refractivity contribution in [1.82, 2.24) is 10.2 Å². The van der Waals surface area contributed by atoms with Crippen LogP contribution in [-0.2, 0) is 14.3 Å². The Morgan fingerprint density at radius 3 is 2.21 bits per heavy atom. The highest BCUT2D eigenvalue weighted by atomic mass is 35.5. The number of amides is 1. The molecule has 4 N–H and O–H groups in total. The monoisotopic (exact) mass is 478 g/mol. The van der Waals surface area contributed by atoms with E-state index in [1.54, 1.807) is 36.4 Å². The lowest BCUT2D eigenvalue weighted by Gasteiger charge is -2.21. The minimum absolute atomic E-state index is 0. The molecule has 2 aromatic rings. The molecule has 0 unspecified atom stereocenters. The van der Waals surface area contributed by atoms with Crippen LogP contribution in [0.4, 0.5) is 0 Å². The summed E-state index contributed by atoms with van der Waals surface area (Å²) in [5, 5.41) is 10.3. The SMILES string of the molecule is COC(=O)COc1ccc([C@@H](CNC(=O)c2ccc(C(=N)N)cc2)OCCN(C)C)cc1.Cl. The molecule has 10 heteroatoms. The van der Waals surface area contributed by atoms with Crippen molar-refractivity contribution in [2.45, 2.75) is 6.10 Å². The zero-order valence-electron chi connectivity index (χ0n) is 19.0. The van der Waals surface area contributed by atoms with Gasteiger partial charge in [-0.05, 0) is 43.9 Å². The Labute approximate surface area is 200 Å². The number of hydrogen-bond acceptors (Lipinski definition) is 7. The third-order valence-corrected chi connectivity index (χ3v) is 4.60. The molecular weight excluding hydrogens is 448 g/mol. The molecule has 0 radical (unpaired) electrons. The van der Waals surface area contributed by atoms with Gasteiger partial charge in [-0.25, -0.2) is 4.79 Å². The molecule has 0 aromatic heterocycles. The van der Waals surface area contributed by atoms with E-state index in [0.717, 1.165) is 12.1 Å². The number of nitrogen functional groups attached to an aromatic ring is 1. The van der Waals surface area contributed by atoms with E-state index in [9.17, 15) is 9.59 Å². The molecule has 9 nitrogen and oxygen atoms in total. The van der Waals surface area contributed by atoms with Crippen LogP contribution in [0.1, 0.15) is 27.6 Å². The average molecular weight is 479 g/mol. The molecule has 2 aromatic carbocycles. The van der Waals surface area contributed by atoms with Crippen LogP contribution in [0.2, 0.25) is 0 Å². The van der Waals surface area contributed by atoms with E-state index in [1.165, 1.54) is 7.11 Å². The first-order valence-electron chi connectivity index (χ1n) is 10.1. The normalized spacial score (nSPS) is 11.3. The van der Waals surface area contributed by atoms with Crippen molar-refractivity contribution in [3.63, 3.8) is 0 Å². The predicted octanol–water partition coefficient (Wildman–Crippen LogP) is 1.99. The molecule has 0 aliphatic heterocycles. The van der Waals surface area contributed by atoms with Crippen LogP contribution in [0.3, 0.4) is 0 Å². The standard InChI is InChI=1S/C23H30N4O5.ClH/c1-27(2)12-13-31-20(16-8-10-19(11-9-16)32-15-21(28)30-3)14-26-23(29)18-6-4-17(5-7-18)22(24)25;/h4-11,20H,12-15H2,1-3H3,(H3,24,25)(H,26,29);1H/t20-;/m1./s1. The fraction of sp³-hybridized carbons (Fsp3) is 0.348. The summed E-state index contributed by atoms with van der Waals surface area (Å²) >= 11 is 0. The molecule has 1 amide bonds. The Kier molecular flexibility index (Phi) is 11.9. The number of esters is 1. The van der Waals surface area contributed by atoms with Gasteiger partial charge in [-0.2, -0.15) is 0 Å². The number of carbonyl (C=O) groups excluding carboxylic acids is 2. The summed E-state index contributed by atoms with van der Waals surface area (Å²) in [6.07, 6.45) is -0.370. The van der Waals surface area contributed by atoms with Crippen LogP contribution in [0.25, 0.3) is 0 Å². The summed E-state index contributed by atoms with van der Waals surface area (Å²) in [6, 6.07) is 13.7. The summed E-state index contributed by atoms with van der Waals surface area (Å²) in [5.74, 6) is -0.233. The summed E-state index contributed by atoms with van der Waals surface area (Å²) in [7, 11) is 5.22. The fourth-order valence-corrected chi connectivity index (χ4v) is 2.72. The second-order valence-corrected chi connectivity index (χ2v) is 7.30. The molecule has 0 aliphatic carbocycles. The van der Waals surface area contributed by atoms with Gasteiger partial charge in [0.2, 0.25) is 0 Å². The molecule has 1 atom stereocenters. The topological polar surface area (TPSA) is 127 Å². The molecular formula is C23H31ClN4O5. The van der Waals surface area contributed by atoms with Crippen molar-refractivity contribution < 1.29 is 23.8 Å². The van der Waals surface area contributed by atoms with Gasteiger partial charge in [0, 0.05) is 24.2 Å². The Bertz CT molecular complexity index is 904. The predicted molar refractivity (Wildman–Crippen MR) is 128 cm³/mol. The van der Waals surface area contributed by atoms with E-state index >= 15 is 0 Å². The van der Waals surface area contributed by atoms with Gasteiger partial charge < -0.3 is 30.2 Å². The maximum atomic E-state index is 12.6. The molecule has 0 bridgehead atoms. The van der Waals surface area contributed by atoms with Gasteiger partial charge >= 0.3 is 5.97 Å². The number of methoxy groups -OCH3 is 1. The maximum Gasteiger partial charge on any atom is 0.343 e. The molecule has 33 heavy (non-hydrogen) atoms. The first-order chi connectivity index (χ1) is 15.3. The Morgan fingerprint density at radius 1 is 1.06 bits per heavy atom. The smallest absolute Gasteiger partial charge is 0.343 e. The molecule has 0 aliphatic rings. The third-order valence-electron chi connectivity index (χ3n) is 4.60. The quantitative estimate of drug-likeness (QED) is 0.242. The van der Waals surface area contributed by atoms with Gasteiger partial charge in [-0.1, -0.05) is 24.3 Å². The van der Waals surface area contributed by atoms with E-state index in [1.807, 2.05) is 31.1 Å². The van der Waals surface area contributed by atoms with Crippen LogP contribution >= 0.6 is 12.4 Å². The Hall–Kier alpha value is -3.14. The number of nitrogens with one attached hydrogen (secondary N) is 2. The molecule has 2 rings (SSSR count). The lowest BCUT2D eigenvalue weighted by molar-refractivity contribution is -0.142. The van der Waals surface area contributed by atoms with Crippen molar-refractivity contribution in [1.29, 1.82) is 5.41 Å². The van der Waals surface area contributed by atoms with Gasteiger partial charge in [0.05, 0.1) is 19.8 Å². The number of ether oxygens (including phenoxy) is 3. The highest BCUT2D eigenvalue weighted by Crippen LogP contribution is 2.21. The number of nitrogens with two attached hydrogens (primary N) is 1. The van der Waals surface area contributed by atoms with Crippen molar-refractivity contribution in [2.75, 3.05) is 47.5 Å². The molecule has 0 saturated carbocycles. The number of nitrogens with zero attached hydrogens (tertiary/aromatic N) is 1. The van der Waals surface area contributed by atoms with Crippen LogP contribution < -0.4 is 15.8 Å². The van der Waals surface area contributed by atoms with Crippen LogP contribution in [0.5, 0.6) is 5.75 Å². The molecule has 180 valence electrons. The van der Waals surface area contributed by atoms with Crippen molar-refractivity contribution in [3.05, 3.63) is 65.2 Å². The number of likely N-dealkylation sites (N-methyl/N-ethyl adjacent to an activating group) is 1. The van der Waals surface area contributed by atoms with Crippen molar-refractivity contribution in [2.24, 2.45) is 5.73 Å². The van der Waals surface area contributed by atoms with Gasteiger partial charge in [-0.3, -0.25) is 10.2 Å². The summed E-state index contributed by atoms with van der Waals surface area (Å²) in [4.78, 5) is 25.8. The largest absolute Gasteiger partial charge is 0.482 e. The Morgan fingerprint density at radius 2 is 1.67 bits per heavy atom. The summed E-state index contributed by atoms with van der Waals surface area (Å²) < 4.78 is 15.9. The van der Waals surface area contributed by atoms with Crippen molar-refractivity contribution in [3.8, 4) is 5.75 Å². The zero-order valence-corrected chi connectivity index (χ0v) is 19.8. The first-order valence-corrected chi connectivity index (χ1v) is 10.1. The van der Waals surface area contributed by atoms with E-state index in [2.05, 4.69) is 10.1 Å². The molecule has 0 spiro atoms. The number of amidine groups is 1. The summed E-state index contributed by atoms with van der Waals surface area (Å²) in [6.45, 7) is 1.32. The average Bonchev–Trinajstić information content (AvgIpc) is 2.79. The lowest BCUT2D eigenvalue weighted by Crippen LogP contribution is -2.30. The number of rotatable bonds is 12. The van der Waals surface area contributed by atoms with Gasteiger partial charge in [0.1, 0.15) is 11.6 Å². The molecule has 0 saturated heterocycles. The number of halogens is 1. The summed E-state index contributed by atoms with van der Waals surface area (Å²) in [5.41, 5.74) is 7.34. The highest BCUT2D eigenvalue weighted by Gasteiger charge is 2.15. The van der Waals surface area contributed by atoms with Crippen LogP contribution in [-0.4, -0.2) is 70.1 Å². The maximum absolute atomic E-state index is 12.6. The number of hydrogen-bond donors (Lipinski definition) is 3. The van der Waals surface area contributed by atoms with E-state index in [4.69, 9.17) is 20.6 Å². The highest BCUT2D eigenvalue weighted by molar-refractivity contribution is 5.98. The third kappa shape index (κ3) is 9.48. The molecule has 0 heterocycles. The van der Waals surface area contributed by atoms with E-state index in [0.29, 0.717) is 23.5 Å². The second kappa shape index (κ2) is 14.1.